The van der Waals surface area contributed by atoms with Crippen molar-refractivity contribution in [1.29, 1.82) is 0 Å². The van der Waals surface area contributed by atoms with Crippen LogP contribution in [-0.2, 0) is 0 Å². The standard InChI is InChI=1S/C15H18N4/c1-9(2)10(3)19-14-11-6-4-5-7-12(11)17-8-13(14)18-15(19)16/h4-10H,1-3H3,(H2,16,18). The van der Waals surface area contributed by atoms with Gasteiger partial charge in [-0.3, -0.25) is 4.98 Å². The topological polar surface area (TPSA) is 56.7 Å². The monoisotopic (exact) mass is 254 g/mol. The van der Waals surface area contributed by atoms with Crippen molar-refractivity contribution in [2.24, 2.45) is 5.92 Å². The fourth-order valence-electron chi connectivity index (χ4n) is 2.45. The smallest absolute Gasteiger partial charge is 0.201 e. The molecule has 0 fully saturated rings. The molecule has 4 nitrogen and oxygen atoms in total. The molecule has 19 heavy (non-hydrogen) atoms. The van der Waals surface area contributed by atoms with Crippen LogP contribution in [0.3, 0.4) is 0 Å². The van der Waals surface area contributed by atoms with Gasteiger partial charge in [0.25, 0.3) is 0 Å². The highest BCUT2D eigenvalue weighted by molar-refractivity contribution is 6.03. The van der Waals surface area contributed by atoms with Gasteiger partial charge in [0.2, 0.25) is 5.95 Å². The van der Waals surface area contributed by atoms with Gasteiger partial charge in [0.15, 0.2) is 0 Å². The molecule has 98 valence electrons. The van der Waals surface area contributed by atoms with E-state index in [-0.39, 0.29) is 0 Å². The van der Waals surface area contributed by atoms with E-state index in [1.165, 1.54) is 0 Å². The predicted octanol–water partition coefficient (Wildman–Crippen LogP) is 3.38. The summed E-state index contributed by atoms with van der Waals surface area (Å²) in [4.78, 5) is 8.88. The third-order valence-electron chi connectivity index (χ3n) is 3.82. The Morgan fingerprint density at radius 2 is 1.84 bits per heavy atom. The van der Waals surface area contributed by atoms with E-state index in [0.29, 0.717) is 17.9 Å². The van der Waals surface area contributed by atoms with Gasteiger partial charge in [-0.05, 0) is 18.9 Å². The Kier molecular flexibility index (Phi) is 2.66. The minimum absolute atomic E-state index is 0.302. The van der Waals surface area contributed by atoms with E-state index in [2.05, 4.69) is 41.4 Å². The van der Waals surface area contributed by atoms with Crippen molar-refractivity contribution in [3.05, 3.63) is 30.5 Å². The normalized spacial score (nSPS) is 13.5. The number of anilines is 1. The summed E-state index contributed by atoms with van der Waals surface area (Å²) in [6.45, 7) is 6.57. The summed E-state index contributed by atoms with van der Waals surface area (Å²) < 4.78 is 2.13. The maximum absolute atomic E-state index is 6.11. The first-order valence-corrected chi connectivity index (χ1v) is 6.60. The van der Waals surface area contributed by atoms with Gasteiger partial charge in [-0.15, -0.1) is 0 Å². The van der Waals surface area contributed by atoms with Gasteiger partial charge in [-0.25, -0.2) is 4.98 Å². The van der Waals surface area contributed by atoms with Crippen LogP contribution in [0.4, 0.5) is 5.95 Å². The molecule has 2 aromatic heterocycles. The van der Waals surface area contributed by atoms with E-state index < -0.39 is 0 Å². The number of nitrogen functional groups attached to an aromatic ring is 1. The lowest BCUT2D eigenvalue weighted by molar-refractivity contribution is 0.422. The molecule has 0 bridgehead atoms. The summed E-state index contributed by atoms with van der Waals surface area (Å²) in [7, 11) is 0. The Hall–Kier alpha value is -2.10. The van der Waals surface area contributed by atoms with Crippen LogP contribution in [0.5, 0.6) is 0 Å². The molecule has 3 rings (SSSR count). The maximum Gasteiger partial charge on any atom is 0.201 e. The number of para-hydroxylation sites is 1. The number of rotatable bonds is 2. The molecule has 0 amide bonds. The van der Waals surface area contributed by atoms with Gasteiger partial charge in [-0.2, -0.15) is 0 Å². The van der Waals surface area contributed by atoms with Gasteiger partial charge in [-0.1, -0.05) is 32.0 Å². The molecule has 0 aliphatic heterocycles. The minimum atomic E-state index is 0.302. The molecule has 1 unspecified atom stereocenters. The highest BCUT2D eigenvalue weighted by Crippen LogP contribution is 2.31. The zero-order valence-electron chi connectivity index (χ0n) is 11.5. The van der Waals surface area contributed by atoms with Crippen molar-refractivity contribution in [3.63, 3.8) is 0 Å². The Balaban J connectivity index is 2.43. The minimum Gasteiger partial charge on any atom is -0.369 e. The first kappa shape index (κ1) is 12.0. The number of hydrogen-bond donors (Lipinski definition) is 1. The Labute approximate surface area is 112 Å². The van der Waals surface area contributed by atoms with Crippen molar-refractivity contribution >= 4 is 27.9 Å². The molecule has 2 N–H and O–H groups in total. The number of fused-ring (bicyclic) bond motifs is 3. The van der Waals surface area contributed by atoms with Crippen LogP contribution >= 0.6 is 0 Å². The Bertz CT molecular complexity index is 742. The lowest BCUT2D eigenvalue weighted by atomic mass is 10.1. The molecule has 0 aliphatic rings. The van der Waals surface area contributed by atoms with Crippen LogP contribution in [0.15, 0.2) is 30.5 Å². The summed E-state index contributed by atoms with van der Waals surface area (Å²) in [5.74, 6) is 1.06. The second-order valence-corrected chi connectivity index (χ2v) is 5.33. The van der Waals surface area contributed by atoms with Gasteiger partial charge in [0, 0.05) is 11.4 Å². The predicted molar refractivity (Wildman–Crippen MR) is 79.0 cm³/mol. The highest BCUT2D eigenvalue weighted by atomic mass is 15.2. The average molecular weight is 254 g/mol. The first-order chi connectivity index (χ1) is 9.09. The average Bonchev–Trinajstić information content (AvgIpc) is 2.74. The van der Waals surface area contributed by atoms with E-state index in [1.807, 2.05) is 18.2 Å². The third-order valence-corrected chi connectivity index (χ3v) is 3.82. The summed E-state index contributed by atoms with van der Waals surface area (Å²) >= 11 is 0. The molecule has 4 heteroatoms. The fraction of sp³-hybridized carbons (Fsp3) is 0.333. The van der Waals surface area contributed by atoms with Crippen molar-refractivity contribution < 1.29 is 0 Å². The number of imidazole rings is 1. The Morgan fingerprint density at radius 3 is 2.58 bits per heavy atom. The molecule has 1 atom stereocenters. The van der Waals surface area contributed by atoms with Crippen molar-refractivity contribution in [2.45, 2.75) is 26.8 Å². The SMILES string of the molecule is CC(C)C(C)n1c(N)nc2cnc3ccccc3c21. The molecule has 0 radical (unpaired) electrons. The van der Waals surface area contributed by atoms with E-state index in [1.54, 1.807) is 6.20 Å². The molecule has 0 saturated heterocycles. The number of aromatic nitrogens is 3. The molecular formula is C15H18N4. The molecule has 1 aromatic carbocycles. The highest BCUT2D eigenvalue weighted by Gasteiger charge is 2.18. The zero-order chi connectivity index (χ0) is 13.6. The summed E-state index contributed by atoms with van der Waals surface area (Å²) in [6.07, 6.45) is 1.80. The number of pyridine rings is 1. The number of nitrogens with zero attached hydrogens (tertiary/aromatic N) is 3. The molecular weight excluding hydrogens is 236 g/mol. The van der Waals surface area contributed by atoms with E-state index in [4.69, 9.17) is 5.73 Å². The Morgan fingerprint density at radius 1 is 1.11 bits per heavy atom. The molecule has 3 aromatic rings. The second kappa shape index (κ2) is 4.23. The number of hydrogen-bond acceptors (Lipinski definition) is 3. The van der Waals surface area contributed by atoms with Crippen molar-refractivity contribution in [3.8, 4) is 0 Å². The third kappa shape index (κ3) is 1.75. The molecule has 2 heterocycles. The fourth-order valence-corrected chi connectivity index (χ4v) is 2.45. The first-order valence-electron chi connectivity index (χ1n) is 6.60. The summed E-state index contributed by atoms with van der Waals surface area (Å²) in [5.41, 5.74) is 9.04. The number of benzene rings is 1. The summed E-state index contributed by atoms with van der Waals surface area (Å²) in [5, 5.41) is 1.11. The van der Waals surface area contributed by atoms with Crippen LogP contribution in [-0.4, -0.2) is 14.5 Å². The molecule has 0 saturated carbocycles. The quantitative estimate of drug-likeness (QED) is 0.762. The second-order valence-electron chi connectivity index (χ2n) is 5.33. The summed E-state index contributed by atoms with van der Waals surface area (Å²) in [6, 6.07) is 8.42. The van der Waals surface area contributed by atoms with Crippen LogP contribution in [0.25, 0.3) is 21.9 Å². The molecule has 0 aliphatic carbocycles. The van der Waals surface area contributed by atoms with E-state index >= 15 is 0 Å². The lowest BCUT2D eigenvalue weighted by Gasteiger charge is -2.20. The van der Waals surface area contributed by atoms with Crippen molar-refractivity contribution in [2.75, 3.05) is 5.73 Å². The zero-order valence-corrected chi connectivity index (χ0v) is 11.5. The molecule has 0 spiro atoms. The maximum atomic E-state index is 6.11. The van der Waals surface area contributed by atoms with Gasteiger partial charge >= 0.3 is 0 Å². The lowest BCUT2D eigenvalue weighted by Crippen LogP contribution is -2.14. The van der Waals surface area contributed by atoms with Gasteiger partial charge < -0.3 is 10.3 Å². The van der Waals surface area contributed by atoms with Gasteiger partial charge in [0.1, 0.15) is 5.52 Å². The largest absolute Gasteiger partial charge is 0.369 e. The van der Waals surface area contributed by atoms with Crippen LogP contribution in [0.2, 0.25) is 0 Å². The van der Waals surface area contributed by atoms with Crippen LogP contribution in [0.1, 0.15) is 26.8 Å². The van der Waals surface area contributed by atoms with Gasteiger partial charge in [0.05, 0.1) is 17.2 Å². The van der Waals surface area contributed by atoms with Crippen LogP contribution < -0.4 is 5.73 Å². The number of nitrogens with two attached hydrogens (primary N) is 1. The van der Waals surface area contributed by atoms with E-state index in [0.717, 1.165) is 21.9 Å². The van der Waals surface area contributed by atoms with Crippen LogP contribution in [0, 0.1) is 5.92 Å². The van der Waals surface area contributed by atoms with Crippen molar-refractivity contribution in [1.82, 2.24) is 14.5 Å². The van der Waals surface area contributed by atoms with E-state index in [9.17, 15) is 0 Å².